The van der Waals surface area contributed by atoms with Gasteiger partial charge in [-0.25, -0.2) is 0 Å². The number of hydrogen-bond donors (Lipinski definition) is 1. The van der Waals surface area contributed by atoms with Gasteiger partial charge >= 0.3 is 0 Å². The Kier molecular flexibility index (Phi) is 3.79. The van der Waals surface area contributed by atoms with Gasteiger partial charge in [0.1, 0.15) is 0 Å². The monoisotopic (exact) mass is 251 g/mol. The highest BCUT2D eigenvalue weighted by atomic mass is 16.2. The van der Waals surface area contributed by atoms with Crippen LogP contribution in [0.4, 0.5) is 0 Å². The second kappa shape index (κ2) is 5.02. The van der Waals surface area contributed by atoms with Crippen LogP contribution >= 0.6 is 0 Å². The topological polar surface area (TPSA) is 46.2 Å². The van der Waals surface area contributed by atoms with Crippen LogP contribution in [0.2, 0.25) is 0 Å². The van der Waals surface area contributed by atoms with Crippen molar-refractivity contribution in [1.82, 2.24) is 5.32 Å². The predicted molar refractivity (Wildman–Crippen MR) is 70.8 cm³/mol. The first-order chi connectivity index (χ1) is 8.49. The largest absolute Gasteiger partial charge is 0.296 e. The lowest BCUT2D eigenvalue weighted by Crippen LogP contribution is -2.56. The first kappa shape index (κ1) is 13.6. The van der Waals surface area contributed by atoms with Gasteiger partial charge in [-0.15, -0.1) is 0 Å². The van der Waals surface area contributed by atoms with Crippen LogP contribution in [0.1, 0.15) is 59.3 Å². The maximum atomic E-state index is 12.2. The number of imide groups is 1. The summed E-state index contributed by atoms with van der Waals surface area (Å²) >= 11 is 0. The maximum absolute atomic E-state index is 12.2. The quantitative estimate of drug-likeness (QED) is 0.767. The third-order valence-electron chi connectivity index (χ3n) is 5.18. The molecule has 4 atom stereocenters. The Bertz CT molecular complexity index is 352. The summed E-state index contributed by atoms with van der Waals surface area (Å²) in [7, 11) is 0. The Labute approximate surface area is 110 Å². The van der Waals surface area contributed by atoms with Gasteiger partial charge < -0.3 is 0 Å². The molecular weight excluding hydrogens is 226 g/mol. The summed E-state index contributed by atoms with van der Waals surface area (Å²) in [6.07, 6.45) is 5.83. The summed E-state index contributed by atoms with van der Waals surface area (Å²) in [5, 5.41) is 2.54. The van der Waals surface area contributed by atoms with E-state index in [2.05, 4.69) is 26.1 Å². The van der Waals surface area contributed by atoms with Gasteiger partial charge in [-0.2, -0.15) is 0 Å². The van der Waals surface area contributed by atoms with E-state index in [4.69, 9.17) is 0 Å². The normalized spacial score (nSPS) is 40.9. The molecule has 3 heteroatoms. The van der Waals surface area contributed by atoms with Crippen LogP contribution in [-0.4, -0.2) is 11.8 Å². The van der Waals surface area contributed by atoms with Crippen LogP contribution in [0.15, 0.2) is 0 Å². The Morgan fingerprint density at radius 1 is 1.33 bits per heavy atom. The summed E-state index contributed by atoms with van der Waals surface area (Å²) in [4.78, 5) is 24.0. The van der Waals surface area contributed by atoms with Crippen molar-refractivity contribution in [3.63, 3.8) is 0 Å². The number of hydrogen-bond acceptors (Lipinski definition) is 2. The number of piperidine rings is 1. The molecule has 1 N–H and O–H groups in total. The van der Waals surface area contributed by atoms with Gasteiger partial charge in [0.05, 0.1) is 0 Å². The molecule has 0 bridgehead atoms. The van der Waals surface area contributed by atoms with Crippen molar-refractivity contribution in [2.75, 3.05) is 0 Å². The number of carbonyl (C=O) groups is 2. The molecule has 1 spiro atoms. The predicted octanol–water partition coefficient (Wildman–Crippen LogP) is 2.89. The molecule has 0 aromatic carbocycles. The van der Waals surface area contributed by atoms with E-state index in [9.17, 15) is 9.59 Å². The summed E-state index contributed by atoms with van der Waals surface area (Å²) < 4.78 is 0. The number of amides is 2. The van der Waals surface area contributed by atoms with E-state index in [1.165, 1.54) is 0 Å². The van der Waals surface area contributed by atoms with Gasteiger partial charge in [-0.1, -0.05) is 33.6 Å². The van der Waals surface area contributed by atoms with E-state index >= 15 is 0 Å². The highest BCUT2D eigenvalue weighted by molar-refractivity contribution is 5.99. The molecule has 2 amide bonds. The smallest absolute Gasteiger partial charge is 0.230 e. The second-order valence-electron chi connectivity index (χ2n) is 6.44. The molecule has 4 unspecified atom stereocenters. The fourth-order valence-electron chi connectivity index (χ4n) is 4.16. The molecule has 1 saturated carbocycles. The Hall–Kier alpha value is -0.860. The molecule has 2 rings (SSSR count). The average molecular weight is 251 g/mol. The molecule has 1 heterocycles. The summed E-state index contributed by atoms with van der Waals surface area (Å²) in [5.41, 5.74) is -0.0536. The molecule has 0 aromatic rings. The molecule has 0 aromatic heterocycles. The molecule has 2 aliphatic rings. The molecule has 0 radical (unpaired) electrons. The van der Waals surface area contributed by atoms with Gasteiger partial charge in [0, 0.05) is 12.3 Å². The van der Waals surface area contributed by atoms with Gasteiger partial charge in [0.2, 0.25) is 11.8 Å². The lowest BCUT2D eigenvalue weighted by atomic mass is 9.54. The van der Waals surface area contributed by atoms with Crippen molar-refractivity contribution in [2.24, 2.45) is 23.2 Å². The first-order valence-corrected chi connectivity index (χ1v) is 7.33. The summed E-state index contributed by atoms with van der Waals surface area (Å²) in [6.45, 7) is 6.64. The van der Waals surface area contributed by atoms with E-state index in [1.807, 2.05) is 0 Å². The van der Waals surface area contributed by atoms with Crippen LogP contribution in [0.3, 0.4) is 0 Å². The van der Waals surface area contributed by atoms with Crippen molar-refractivity contribution < 1.29 is 9.59 Å². The van der Waals surface area contributed by atoms with E-state index in [0.29, 0.717) is 12.3 Å². The van der Waals surface area contributed by atoms with Crippen molar-refractivity contribution >= 4 is 11.8 Å². The molecule has 3 nitrogen and oxygen atoms in total. The summed E-state index contributed by atoms with van der Waals surface area (Å²) in [5.74, 6) is 1.17. The minimum absolute atomic E-state index is 0.0190. The standard InChI is InChI=1S/C15H25NO2/c1-4-5-12-14(18)16-13(17)9-15(12)7-6-10(2)8-11(15)3/h10-12H,4-9H2,1-3H3,(H,16,17,18). The molecule has 18 heavy (non-hydrogen) atoms. The zero-order valence-corrected chi connectivity index (χ0v) is 11.8. The third-order valence-corrected chi connectivity index (χ3v) is 5.18. The van der Waals surface area contributed by atoms with Crippen LogP contribution < -0.4 is 5.32 Å². The van der Waals surface area contributed by atoms with Crippen molar-refractivity contribution in [3.05, 3.63) is 0 Å². The SMILES string of the molecule is CCCC1C(=O)NC(=O)CC12CCC(C)CC2C. The fourth-order valence-corrected chi connectivity index (χ4v) is 4.16. The third kappa shape index (κ3) is 2.19. The van der Waals surface area contributed by atoms with Gasteiger partial charge in [0.15, 0.2) is 0 Å². The number of rotatable bonds is 2. The number of carbonyl (C=O) groups excluding carboxylic acids is 2. The van der Waals surface area contributed by atoms with Gasteiger partial charge in [-0.05, 0) is 36.5 Å². The molecule has 2 fully saturated rings. The molecule has 102 valence electrons. The van der Waals surface area contributed by atoms with E-state index in [1.54, 1.807) is 0 Å². The highest BCUT2D eigenvalue weighted by Crippen LogP contribution is 2.53. The number of nitrogens with one attached hydrogen (secondary N) is 1. The van der Waals surface area contributed by atoms with Gasteiger partial charge in [0.25, 0.3) is 0 Å². The Morgan fingerprint density at radius 2 is 2.06 bits per heavy atom. The van der Waals surface area contributed by atoms with Crippen LogP contribution in [0.5, 0.6) is 0 Å². The van der Waals surface area contributed by atoms with Crippen LogP contribution in [0.25, 0.3) is 0 Å². The zero-order chi connectivity index (χ0) is 13.3. The Morgan fingerprint density at radius 3 is 2.67 bits per heavy atom. The first-order valence-electron chi connectivity index (χ1n) is 7.33. The van der Waals surface area contributed by atoms with E-state index in [0.717, 1.165) is 38.0 Å². The molecular formula is C15H25NO2. The summed E-state index contributed by atoms with van der Waals surface area (Å²) in [6, 6.07) is 0. The van der Waals surface area contributed by atoms with Gasteiger partial charge in [-0.3, -0.25) is 14.9 Å². The van der Waals surface area contributed by atoms with Crippen LogP contribution in [-0.2, 0) is 9.59 Å². The molecule has 1 aliphatic carbocycles. The van der Waals surface area contributed by atoms with E-state index < -0.39 is 0 Å². The Balaban J connectivity index is 2.29. The molecule has 1 saturated heterocycles. The van der Waals surface area contributed by atoms with Crippen LogP contribution in [0, 0.1) is 23.2 Å². The average Bonchev–Trinajstić information content (AvgIpc) is 2.29. The van der Waals surface area contributed by atoms with Crippen molar-refractivity contribution in [3.8, 4) is 0 Å². The lowest BCUT2D eigenvalue weighted by molar-refractivity contribution is -0.150. The van der Waals surface area contributed by atoms with Crippen molar-refractivity contribution in [2.45, 2.75) is 59.3 Å². The molecule has 1 aliphatic heterocycles. The maximum Gasteiger partial charge on any atom is 0.230 e. The minimum atomic E-state index is -0.0613. The zero-order valence-electron chi connectivity index (χ0n) is 11.8. The minimum Gasteiger partial charge on any atom is -0.296 e. The van der Waals surface area contributed by atoms with E-state index in [-0.39, 0.29) is 23.1 Å². The van der Waals surface area contributed by atoms with Crippen molar-refractivity contribution in [1.29, 1.82) is 0 Å². The lowest BCUT2D eigenvalue weighted by Gasteiger charge is -2.50. The second-order valence-corrected chi connectivity index (χ2v) is 6.44. The highest BCUT2D eigenvalue weighted by Gasteiger charge is 2.52. The fraction of sp³-hybridized carbons (Fsp3) is 0.867.